The van der Waals surface area contributed by atoms with E-state index in [2.05, 4.69) is 5.14 Å². The van der Waals surface area contributed by atoms with Gasteiger partial charge in [-0.15, -0.1) is 0 Å². The highest BCUT2D eigenvalue weighted by molar-refractivity contribution is 7.89. The van der Waals surface area contributed by atoms with Gasteiger partial charge >= 0.3 is 6.18 Å². The molecule has 0 aliphatic heterocycles. The summed E-state index contributed by atoms with van der Waals surface area (Å²) in [5.41, 5.74) is -1.23. The van der Waals surface area contributed by atoms with E-state index < -0.39 is 38.6 Å². The topological polar surface area (TPSA) is 60.2 Å². The van der Waals surface area contributed by atoms with Crippen molar-refractivity contribution in [3.8, 4) is 0 Å². The molecule has 1 unspecified atom stereocenters. The van der Waals surface area contributed by atoms with Gasteiger partial charge in [-0.25, -0.2) is 22.3 Å². The highest BCUT2D eigenvalue weighted by Gasteiger charge is 2.49. The van der Waals surface area contributed by atoms with Crippen LogP contribution in [-0.2, 0) is 10.0 Å². The quantitative estimate of drug-likeness (QED) is 0.837. The SMILES string of the molecule is NS(=O)(=O)C(c1ccc(F)cc1F)C(F)(F)F. The standard InChI is InChI=1S/C8H6F5NO2S/c9-4-1-2-5(6(10)3-4)7(8(11,12)13)17(14,15)16/h1-3,7H,(H2,14,15,16). The molecule has 96 valence electrons. The van der Waals surface area contributed by atoms with Gasteiger partial charge in [0.2, 0.25) is 10.0 Å². The Balaban J connectivity index is 3.44. The maximum Gasteiger partial charge on any atom is 0.410 e. The van der Waals surface area contributed by atoms with E-state index in [9.17, 15) is 30.4 Å². The summed E-state index contributed by atoms with van der Waals surface area (Å²) in [6, 6.07) is 1.06. The van der Waals surface area contributed by atoms with E-state index in [1.807, 2.05) is 0 Å². The predicted molar refractivity (Wildman–Crippen MR) is 48.3 cm³/mol. The van der Waals surface area contributed by atoms with Gasteiger partial charge in [-0.1, -0.05) is 6.07 Å². The minimum atomic E-state index is -5.29. The monoisotopic (exact) mass is 275 g/mol. The molecular formula is C8H6F5NO2S. The van der Waals surface area contributed by atoms with Crippen LogP contribution in [0.1, 0.15) is 10.8 Å². The number of rotatable bonds is 2. The zero-order valence-corrected chi connectivity index (χ0v) is 8.82. The van der Waals surface area contributed by atoms with Crippen LogP contribution in [0.3, 0.4) is 0 Å². The van der Waals surface area contributed by atoms with Crippen LogP contribution in [0.25, 0.3) is 0 Å². The first kappa shape index (κ1) is 13.8. The molecule has 1 rings (SSSR count). The second-order valence-electron chi connectivity index (χ2n) is 3.18. The van der Waals surface area contributed by atoms with Crippen LogP contribution in [0.2, 0.25) is 0 Å². The molecule has 0 bridgehead atoms. The Hall–Kier alpha value is -1.22. The van der Waals surface area contributed by atoms with Crippen LogP contribution >= 0.6 is 0 Å². The first-order valence-corrected chi connectivity index (χ1v) is 5.67. The predicted octanol–water partition coefficient (Wildman–Crippen LogP) is 1.86. The number of alkyl halides is 3. The molecule has 3 nitrogen and oxygen atoms in total. The second kappa shape index (κ2) is 4.22. The van der Waals surface area contributed by atoms with Gasteiger partial charge in [0.15, 0.2) is 5.25 Å². The van der Waals surface area contributed by atoms with Crippen molar-refractivity contribution in [1.82, 2.24) is 0 Å². The Morgan fingerprint density at radius 2 is 1.71 bits per heavy atom. The fourth-order valence-corrected chi connectivity index (χ4v) is 2.17. The van der Waals surface area contributed by atoms with E-state index in [4.69, 9.17) is 0 Å². The first-order chi connectivity index (χ1) is 7.53. The maximum atomic E-state index is 13.1. The van der Waals surface area contributed by atoms with Crippen molar-refractivity contribution in [2.45, 2.75) is 11.4 Å². The summed E-state index contributed by atoms with van der Waals surface area (Å²) in [7, 11) is -5.10. The molecule has 0 saturated carbocycles. The van der Waals surface area contributed by atoms with Crippen molar-refractivity contribution in [3.05, 3.63) is 35.4 Å². The van der Waals surface area contributed by atoms with Gasteiger partial charge in [0.25, 0.3) is 0 Å². The molecule has 1 atom stereocenters. The molecule has 9 heteroatoms. The molecule has 1 aromatic rings. The van der Waals surface area contributed by atoms with Crippen molar-refractivity contribution in [1.29, 1.82) is 0 Å². The van der Waals surface area contributed by atoms with Crippen LogP contribution < -0.4 is 5.14 Å². The Morgan fingerprint density at radius 1 is 1.18 bits per heavy atom. The zero-order valence-electron chi connectivity index (χ0n) is 8.00. The lowest BCUT2D eigenvalue weighted by Crippen LogP contribution is -2.34. The van der Waals surface area contributed by atoms with Gasteiger partial charge < -0.3 is 0 Å². The lowest BCUT2D eigenvalue weighted by atomic mass is 10.1. The van der Waals surface area contributed by atoms with Gasteiger partial charge in [0.1, 0.15) is 11.6 Å². The minimum absolute atomic E-state index is 0.152. The van der Waals surface area contributed by atoms with E-state index in [-0.39, 0.29) is 6.07 Å². The Morgan fingerprint density at radius 3 is 2.06 bits per heavy atom. The van der Waals surface area contributed by atoms with Gasteiger partial charge in [-0.05, 0) is 6.07 Å². The third-order valence-corrected chi connectivity index (χ3v) is 3.05. The summed E-state index contributed by atoms with van der Waals surface area (Å²) < 4.78 is 84.6. The van der Waals surface area contributed by atoms with Gasteiger partial charge in [-0.2, -0.15) is 13.2 Å². The van der Waals surface area contributed by atoms with E-state index in [1.54, 1.807) is 0 Å². The molecule has 0 saturated heterocycles. The molecule has 0 aliphatic rings. The van der Waals surface area contributed by atoms with Crippen LogP contribution in [0.5, 0.6) is 0 Å². The summed E-state index contributed by atoms with van der Waals surface area (Å²) in [6.07, 6.45) is -5.29. The van der Waals surface area contributed by atoms with Crippen LogP contribution in [0.15, 0.2) is 18.2 Å². The number of hydrogen-bond donors (Lipinski definition) is 1. The lowest BCUT2D eigenvalue weighted by molar-refractivity contribution is -0.132. The summed E-state index contributed by atoms with van der Waals surface area (Å²) in [5.74, 6) is -2.75. The van der Waals surface area contributed by atoms with Crippen molar-refractivity contribution in [3.63, 3.8) is 0 Å². The normalized spacial score (nSPS) is 14.7. The van der Waals surface area contributed by atoms with Crippen molar-refractivity contribution in [2.75, 3.05) is 0 Å². The maximum absolute atomic E-state index is 13.1. The lowest BCUT2D eigenvalue weighted by Gasteiger charge is -2.18. The third kappa shape index (κ3) is 3.13. The average Bonchev–Trinajstić information content (AvgIpc) is 2.04. The molecular weight excluding hydrogens is 269 g/mol. The molecule has 0 aliphatic carbocycles. The first-order valence-electron chi connectivity index (χ1n) is 4.07. The minimum Gasteiger partial charge on any atom is -0.228 e. The number of halogens is 5. The highest BCUT2D eigenvalue weighted by Crippen LogP contribution is 2.38. The number of hydrogen-bond acceptors (Lipinski definition) is 2. The number of sulfonamides is 1. The van der Waals surface area contributed by atoms with E-state index in [0.717, 1.165) is 0 Å². The molecule has 17 heavy (non-hydrogen) atoms. The summed E-state index contributed by atoms with van der Waals surface area (Å²) >= 11 is 0. The van der Waals surface area contributed by atoms with Gasteiger partial charge in [0, 0.05) is 11.6 Å². The molecule has 1 aromatic carbocycles. The largest absolute Gasteiger partial charge is 0.410 e. The summed E-state index contributed by atoms with van der Waals surface area (Å²) in [4.78, 5) is 0. The zero-order chi connectivity index (χ0) is 13.4. The van der Waals surface area contributed by atoms with Crippen molar-refractivity contribution >= 4 is 10.0 Å². The van der Waals surface area contributed by atoms with Gasteiger partial charge in [-0.3, -0.25) is 0 Å². The number of nitrogens with two attached hydrogens (primary N) is 1. The Bertz CT molecular complexity index is 525. The second-order valence-corrected chi connectivity index (χ2v) is 4.83. The van der Waals surface area contributed by atoms with Gasteiger partial charge in [0.05, 0.1) is 0 Å². The fraction of sp³-hybridized carbons (Fsp3) is 0.250. The molecule has 0 fully saturated rings. The molecule has 0 amide bonds. The van der Waals surface area contributed by atoms with E-state index >= 15 is 0 Å². The van der Waals surface area contributed by atoms with Crippen LogP contribution in [0.4, 0.5) is 22.0 Å². The third-order valence-electron chi connectivity index (χ3n) is 1.87. The van der Waals surface area contributed by atoms with Crippen LogP contribution in [0, 0.1) is 11.6 Å². The summed E-state index contributed by atoms with van der Waals surface area (Å²) in [5, 5.41) is 1.18. The van der Waals surface area contributed by atoms with E-state index in [0.29, 0.717) is 12.1 Å². The molecule has 2 N–H and O–H groups in total. The molecule has 0 heterocycles. The van der Waals surface area contributed by atoms with Crippen LogP contribution in [-0.4, -0.2) is 14.6 Å². The highest BCUT2D eigenvalue weighted by atomic mass is 32.2. The number of primary sulfonamides is 1. The average molecular weight is 275 g/mol. The Kier molecular flexibility index (Phi) is 3.44. The molecule has 0 aromatic heterocycles. The Labute approximate surface area is 93.1 Å². The smallest absolute Gasteiger partial charge is 0.228 e. The van der Waals surface area contributed by atoms with E-state index in [1.165, 1.54) is 0 Å². The van der Waals surface area contributed by atoms with Crippen molar-refractivity contribution < 1.29 is 30.4 Å². The fourth-order valence-electron chi connectivity index (χ4n) is 1.25. The summed E-state index contributed by atoms with van der Waals surface area (Å²) in [6.45, 7) is 0. The molecule has 0 spiro atoms. The molecule has 0 radical (unpaired) electrons. The number of benzene rings is 1. The van der Waals surface area contributed by atoms with Crippen molar-refractivity contribution in [2.24, 2.45) is 5.14 Å².